The molecule has 1 saturated heterocycles. The van der Waals surface area contributed by atoms with Crippen molar-refractivity contribution < 1.29 is 13.6 Å². The number of epoxide rings is 1. The topological polar surface area (TPSA) is 31.0 Å². The van der Waals surface area contributed by atoms with Crippen molar-refractivity contribution in [3.63, 3.8) is 0 Å². The van der Waals surface area contributed by atoms with Crippen molar-refractivity contribution in [1.29, 1.82) is 0 Å². The number of hydrogen-bond donors (Lipinski definition) is 0. The number of rotatable bonds is 12. The molecule has 4 heteroatoms. The molecule has 21 heavy (non-hydrogen) atoms. The monoisotopic (exact) mass is 314 g/mol. The van der Waals surface area contributed by atoms with Crippen LogP contribution in [0.15, 0.2) is 0 Å². The van der Waals surface area contributed by atoms with Gasteiger partial charge in [-0.15, -0.1) is 0 Å². The summed E-state index contributed by atoms with van der Waals surface area (Å²) < 4.78 is 17.4. The van der Waals surface area contributed by atoms with Crippen molar-refractivity contribution in [2.45, 2.75) is 89.9 Å². The van der Waals surface area contributed by atoms with Gasteiger partial charge in [-0.2, -0.15) is 0 Å². The van der Waals surface area contributed by atoms with E-state index < -0.39 is 9.28 Å². The Morgan fingerprint density at radius 3 is 2.38 bits per heavy atom. The van der Waals surface area contributed by atoms with Crippen LogP contribution in [0.4, 0.5) is 0 Å². The van der Waals surface area contributed by atoms with Crippen LogP contribution in [-0.4, -0.2) is 34.7 Å². The van der Waals surface area contributed by atoms with Gasteiger partial charge in [0.05, 0.1) is 12.2 Å². The lowest BCUT2D eigenvalue weighted by Gasteiger charge is -2.19. The molecule has 3 nitrogen and oxygen atoms in total. The first-order valence-corrected chi connectivity index (χ1v) is 11.0. The molecule has 1 saturated carbocycles. The predicted octanol–water partition coefficient (Wildman–Crippen LogP) is 4.19. The third-order valence-electron chi connectivity index (χ3n) is 4.68. The van der Waals surface area contributed by atoms with Gasteiger partial charge in [-0.05, 0) is 44.1 Å². The van der Waals surface area contributed by atoms with Crippen LogP contribution in [-0.2, 0) is 13.6 Å². The zero-order valence-electron chi connectivity index (χ0n) is 14.0. The Hall–Kier alpha value is 0.0969. The van der Waals surface area contributed by atoms with Crippen molar-refractivity contribution >= 4 is 9.28 Å². The fourth-order valence-corrected chi connectivity index (χ4v) is 5.43. The fourth-order valence-electron chi connectivity index (χ4n) is 3.38. The van der Waals surface area contributed by atoms with Gasteiger partial charge in [0.15, 0.2) is 0 Å². The van der Waals surface area contributed by atoms with Crippen LogP contribution < -0.4 is 0 Å². The number of fused-ring (bicyclic) bond motifs is 1. The first-order chi connectivity index (χ1) is 10.3. The molecule has 0 radical (unpaired) electrons. The molecule has 2 fully saturated rings. The smallest absolute Gasteiger partial charge is 0.321 e. The van der Waals surface area contributed by atoms with E-state index in [4.69, 9.17) is 13.6 Å². The lowest BCUT2D eigenvalue weighted by Crippen LogP contribution is -2.23. The highest BCUT2D eigenvalue weighted by Crippen LogP contribution is 2.41. The molecule has 2 aliphatic rings. The molecule has 2 rings (SSSR count). The maximum absolute atomic E-state index is 5.91. The standard InChI is InChI=1S/C17H34O3Si/c1-3-11-18-21(19-12-4-2)13-7-5-6-8-15-9-10-16-17(14-15)20-16/h15-17,21H,3-14H2,1-2H3. The first kappa shape index (κ1) is 17.5. The normalized spacial score (nSPS) is 27.9. The number of ether oxygens (including phenoxy) is 1. The predicted molar refractivity (Wildman–Crippen MR) is 88.9 cm³/mol. The van der Waals surface area contributed by atoms with Gasteiger partial charge in [0.25, 0.3) is 0 Å². The Morgan fingerprint density at radius 2 is 1.71 bits per heavy atom. The maximum Gasteiger partial charge on any atom is 0.321 e. The SMILES string of the molecule is CCCO[SiH](CCCCCC1CCC2OC2C1)OCCC. The van der Waals surface area contributed by atoms with E-state index in [9.17, 15) is 0 Å². The minimum atomic E-state index is -1.37. The Kier molecular flexibility index (Phi) is 8.29. The molecular formula is C17H34O3Si. The van der Waals surface area contributed by atoms with Crippen LogP contribution in [0.2, 0.25) is 6.04 Å². The average molecular weight is 315 g/mol. The third-order valence-corrected chi connectivity index (χ3v) is 6.78. The van der Waals surface area contributed by atoms with Gasteiger partial charge in [0.2, 0.25) is 0 Å². The van der Waals surface area contributed by atoms with Crippen molar-refractivity contribution in [3.8, 4) is 0 Å². The number of hydrogen-bond acceptors (Lipinski definition) is 3. The second-order valence-corrected chi connectivity index (χ2v) is 8.80. The van der Waals surface area contributed by atoms with Crippen molar-refractivity contribution in [3.05, 3.63) is 0 Å². The van der Waals surface area contributed by atoms with Gasteiger partial charge in [-0.1, -0.05) is 39.5 Å². The van der Waals surface area contributed by atoms with Crippen molar-refractivity contribution in [2.75, 3.05) is 13.2 Å². The third kappa shape index (κ3) is 6.81. The molecule has 0 bridgehead atoms. The van der Waals surface area contributed by atoms with Crippen LogP contribution in [0.5, 0.6) is 0 Å². The summed E-state index contributed by atoms with van der Waals surface area (Å²) in [4.78, 5) is 0. The van der Waals surface area contributed by atoms with Crippen LogP contribution in [0.3, 0.4) is 0 Å². The van der Waals surface area contributed by atoms with E-state index in [1.165, 1.54) is 51.0 Å². The lowest BCUT2D eigenvalue weighted by atomic mass is 9.86. The van der Waals surface area contributed by atoms with E-state index in [-0.39, 0.29) is 0 Å². The maximum atomic E-state index is 5.91. The molecule has 1 aliphatic carbocycles. The summed E-state index contributed by atoms with van der Waals surface area (Å²) in [7, 11) is -1.37. The zero-order valence-corrected chi connectivity index (χ0v) is 15.2. The fraction of sp³-hybridized carbons (Fsp3) is 1.00. The van der Waals surface area contributed by atoms with E-state index in [2.05, 4.69) is 13.8 Å². The summed E-state index contributed by atoms with van der Waals surface area (Å²) in [5.41, 5.74) is 0. The van der Waals surface area contributed by atoms with Crippen LogP contribution in [0.1, 0.15) is 71.6 Å². The highest BCUT2D eigenvalue weighted by atomic mass is 28.3. The van der Waals surface area contributed by atoms with Crippen LogP contribution >= 0.6 is 0 Å². The second kappa shape index (κ2) is 9.98. The van der Waals surface area contributed by atoms with E-state index >= 15 is 0 Å². The largest absolute Gasteiger partial charge is 0.397 e. The van der Waals surface area contributed by atoms with E-state index in [1.54, 1.807) is 0 Å². The number of unbranched alkanes of at least 4 members (excludes halogenated alkanes) is 2. The highest BCUT2D eigenvalue weighted by Gasteiger charge is 2.43. The molecule has 3 unspecified atom stereocenters. The summed E-state index contributed by atoms with van der Waals surface area (Å²) >= 11 is 0. The Balaban J connectivity index is 1.48. The van der Waals surface area contributed by atoms with Gasteiger partial charge >= 0.3 is 9.28 Å². The Labute approximate surface area is 132 Å². The van der Waals surface area contributed by atoms with Crippen LogP contribution in [0, 0.1) is 5.92 Å². The van der Waals surface area contributed by atoms with Crippen molar-refractivity contribution in [1.82, 2.24) is 0 Å². The quantitative estimate of drug-likeness (QED) is 0.307. The minimum absolute atomic E-state index is 0.644. The molecule has 0 aromatic rings. The summed E-state index contributed by atoms with van der Waals surface area (Å²) in [5.74, 6) is 0.939. The zero-order chi connectivity index (χ0) is 14.9. The van der Waals surface area contributed by atoms with Gasteiger partial charge in [0, 0.05) is 13.2 Å². The molecule has 0 N–H and O–H groups in total. The molecule has 0 aromatic heterocycles. The molecule has 3 atom stereocenters. The van der Waals surface area contributed by atoms with E-state index in [0.29, 0.717) is 12.2 Å². The van der Waals surface area contributed by atoms with Crippen molar-refractivity contribution in [2.24, 2.45) is 5.92 Å². The molecule has 0 amide bonds. The minimum Gasteiger partial charge on any atom is -0.397 e. The Bertz CT molecular complexity index is 267. The molecule has 1 aliphatic heterocycles. The van der Waals surface area contributed by atoms with Gasteiger partial charge < -0.3 is 13.6 Å². The average Bonchev–Trinajstić information content (AvgIpc) is 3.27. The molecule has 0 spiro atoms. The second-order valence-electron chi connectivity index (χ2n) is 6.70. The Morgan fingerprint density at radius 1 is 0.952 bits per heavy atom. The molecular weight excluding hydrogens is 280 g/mol. The van der Waals surface area contributed by atoms with Gasteiger partial charge in [-0.25, -0.2) is 0 Å². The highest BCUT2D eigenvalue weighted by molar-refractivity contribution is 6.44. The summed E-state index contributed by atoms with van der Waals surface area (Å²) in [6.45, 7) is 6.10. The summed E-state index contributed by atoms with van der Waals surface area (Å²) in [6.07, 6.45) is 13.0. The van der Waals surface area contributed by atoms with Crippen LogP contribution in [0.25, 0.3) is 0 Å². The van der Waals surface area contributed by atoms with E-state index in [1.807, 2.05) is 0 Å². The lowest BCUT2D eigenvalue weighted by molar-refractivity contribution is 0.195. The summed E-state index contributed by atoms with van der Waals surface area (Å²) in [6, 6.07) is 1.19. The molecule has 124 valence electrons. The molecule has 1 heterocycles. The molecule has 0 aromatic carbocycles. The van der Waals surface area contributed by atoms with Gasteiger partial charge in [-0.3, -0.25) is 0 Å². The summed E-state index contributed by atoms with van der Waals surface area (Å²) in [5, 5.41) is 0. The van der Waals surface area contributed by atoms with Gasteiger partial charge in [0.1, 0.15) is 0 Å². The van der Waals surface area contributed by atoms with E-state index in [0.717, 1.165) is 32.0 Å². The first-order valence-electron chi connectivity index (χ1n) is 9.22.